The lowest BCUT2D eigenvalue weighted by Crippen LogP contribution is -2.00. The van der Waals surface area contributed by atoms with Crippen molar-refractivity contribution in [2.45, 2.75) is 45.4 Å². The normalized spacial score (nSPS) is 10.6. The number of hydrogen-bond acceptors (Lipinski definition) is 4. The summed E-state index contributed by atoms with van der Waals surface area (Å²) in [7, 11) is 0. The zero-order valence-corrected chi connectivity index (χ0v) is 18.7. The average Bonchev–Trinajstić information content (AvgIpc) is 2.79. The topological polar surface area (TPSA) is 71.9 Å². The molecule has 0 aliphatic rings. The highest BCUT2D eigenvalue weighted by Crippen LogP contribution is 2.34. The molecule has 0 aliphatic heterocycles. The number of anilines is 1. The van der Waals surface area contributed by atoms with E-state index < -0.39 is 0 Å². The summed E-state index contributed by atoms with van der Waals surface area (Å²) in [4.78, 5) is 4.40. The number of ether oxygens (including phenoxy) is 1. The Kier molecular flexibility index (Phi) is 8.32. The Bertz CT molecular complexity index is 1040. The lowest BCUT2D eigenvalue weighted by Gasteiger charge is -2.12. The van der Waals surface area contributed by atoms with E-state index in [9.17, 15) is 5.26 Å². The minimum atomic E-state index is 0.193. The van der Waals surface area contributed by atoms with Gasteiger partial charge in [-0.1, -0.05) is 81.0 Å². The van der Waals surface area contributed by atoms with Crippen molar-refractivity contribution < 1.29 is 4.74 Å². The Morgan fingerprint density at radius 3 is 2.39 bits per heavy atom. The molecule has 2 N–H and O–H groups in total. The monoisotopic (exact) mass is 433 g/mol. The molecule has 2 aromatic carbocycles. The number of pyridine rings is 1. The number of hydrogen-bond donors (Lipinski definition) is 1. The van der Waals surface area contributed by atoms with E-state index in [1.165, 1.54) is 32.1 Å². The molecule has 1 heterocycles. The number of unbranched alkanes of at least 4 members (excludes halogenated alkanes) is 5. The smallest absolute Gasteiger partial charge is 0.142 e. The zero-order valence-electron chi connectivity index (χ0n) is 17.9. The first-order chi connectivity index (χ1) is 15.1. The third-order valence-electron chi connectivity index (χ3n) is 5.24. The van der Waals surface area contributed by atoms with Crippen LogP contribution in [0.1, 0.15) is 51.0 Å². The van der Waals surface area contributed by atoms with Crippen LogP contribution in [0.3, 0.4) is 0 Å². The number of halogens is 1. The summed E-state index contributed by atoms with van der Waals surface area (Å²) in [6.45, 7) is 2.94. The van der Waals surface area contributed by atoms with E-state index in [1.807, 2.05) is 54.6 Å². The second-order valence-electron chi connectivity index (χ2n) is 7.55. The third kappa shape index (κ3) is 5.99. The SMILES string of the molecule is CCCCCCCCOc1ccc(-c2cc(-c3ccccc3Cl)nc(N)c2C#N)cc1. The van der Waals surface area contributed by atoms with Gasteiger partial charge in [-0.3, -0.25) is 0 Å². The van der Waals surface area contributed by atoms with Gasteiger partial charge in [0.1, 0.15) is 23.2 Å². The van der Waals surface area contributed by atoms with Crippen LogP contribution in [0, 0.1) is 11.3 Å². The van der Waals surface area contributed by atoms with Gasteiger partial charge in [0.15, 0.2) is 0 Å². The standard InChI is InChI=1S/C26H28ClN3O/c1-2-3-4-5-6-9-16-31-20-14-12-19(13-15-20)22-17-25(30-26(29)23(22)18-28)21-10-7-8-11-24(21)27/h7-8,10-15,17H,2-6,9,16H2,1H3,(H2,29,30). The highest BCUT2D eigenvalue weighted by molar-refractivity contribution is 6.33. The van der Waals surface area contributed by atoms with Crippen molar-refractivity contribution in [2.24, 2.45) is 0 Å². The number of benzene rings is 2. The van der Waals surface area contributed by atoms with Gasteiger partial charge in [-0.25, -0.2) is 4.98 Å². The van der Waals surface area contributed by atoms with Crippen LogP contribution in [0.2, 0.25) is 5.02 Å². The van der Waals surface area contributed by atoms with E-state index >= 15 is 0 Å². The third-order valence-corrected chi connectivity index (χ3v) is 5.57. The van der Waals surface area contributed by atoms with E-state index in [2.05, 4.69) is 18.0 Å². The Hall–Kier alpha value is -3.03. The molecule has 0 saturated carbocycles. The van der Waals surface area contributed by atoms with Gasteiger partial charge in [-0.2, -0.15) is 5.26 Å². The Morgan fingerprint density at radius 2 is 1.68 bits per heavy atom. The number of nitrogens with two attached hydrogens (primary N) is 1. The summed E-state index contributed by atoms with van der Waals surface area (Å²) in [5.74, 6) is 1.02. The number of rotatable bonds is 10. The fraction of sp³-hybridized carbons (Fsp3) is 0.308. The molecule has 160 valence electrons. The van der Waals surface area contributed by atoms with Crippen molar-refractivity contribution in [3.63, 3.8) is 0 Å². The number of aromatic nitrogens is 1. The van der Waals surface area contributed by atoms with Crippen molar-refractivity contribution in [3.8, 4) is 34.2 Å². The summed E-state index contributed by atoms with van der Waals surface area (Å²) in [5, 5.41) is 10.2. The van der Waals surface area contributed by atoms with Gasteiger partial charge in [-0.15, -0.1) is 0 Å². The van der Waals surface area contributed by atoms with Gasteiger partial charge in [0, 0.05) is 16.1 Å². The molecule has 0 saturated heterocycles. The van der Waals surface area contributed by atoms with Crippen LogP contribution < -0.4 is 10.5 Å². The largest absolute Gasteiger partial charge is 0.494 e. The first-order valence-electron chi connectivity index (χ1n) is 10.8. The molecule has 3 rings (SSSR count). The maximum Gasteiger partial charge on any atom is 0.142 e. The van der Waals surface area contributed by atoms with E-state index in [-0.39, 0.29) is 5.82 Å². The summed E-state index contributed by atoms with van der Waals surface area (Å²) < 4.78 is 5.87. The van der Waals surface area contributed by atoms with Crippen molar-refractivity contribution >= 4 is 17.4 Å². The van der Waals surface area contributed by atoms with E-state index in [1.54, 1.807) is 0 Å². The summed E-state index contributed by atoms with van der Waals surface area (Å²) in [6.07, 6.45) is 7.41. The molecule has 0 unspecified atom stereocenters. The fourth-order valence-electron chi connectivity index (χ4n) is 3.52. The molecule has 0 radical (unpaired) electrons. The van der Waals surface area contributed by atoms with Gasteiger partial charge in [0.2, 0.25) is 0 Å². The number of nitriles is 1. The second-order valence-corrected chi connectivity index (χ2v) is 7.95. The highest BCUT2D eigenvalue weighted by Gasteiger charge is 2.15. The first kappa shape index (κ1) is 22.7. The maximum atomic E-state index is 9.63. The van der Waals surface area contributed by atoms with Crippen LogP contribution >= 0.6 is 11.6 Å². The first-order valence-corrected chi connectivity index (χ1v) is 11.2. The Balaban J connectivity index is 1.75. The van der Waals surface area contributed by atoms with Crippen molar-refractivity contribution in [1.29, 1.82) is 5.26 Å². The predicted molar refractivity (Wildman–Crippen MR) is 128 cm³/mol. The van der Waals surface area contributed by atoms with Gasteiger partial charge in [0.05, 0.1) is 12.3 Å². The molecule has 0 bridgehead atoms. The van der Waals surface area contributed by atoms with Gasteiger partial charge in [0.25, 0.3) is 0 Å². The molecule has 0 atom stereocenters. The van der Waals surface area contributed by atoms with Crippen molar-refractivity contribution in [1.82, 2.24) is 4.98 Å². The average molecular weight is 434 g/mol. The van der Waals surface area contributed by atoms with Crippen LogP contribution in [0.5, 0.6) is 5.75 Å². The maximum absolute atomic E-state index is 9.63. The Labute approximate surface area is 189 Å². The second kappa shape index (κ2) is 11.4. The summed E-state index contributed by atoms with van der Waals surface area (Å²) in [5.41, 5.74) is 9.50. The molecule has 1 aromatic heterocycles. The molecule has 0 fully saturated rings. The molecule has 5 heteroatoms. The highest BCUT2D eigenvalue weighted by atomic mass is 35.5. The molecule has 3 aromatic rings. The molecule has 0 amide bonds. The summed E-state index contributed by atoms with van der Waals surface area (Å²) >= 11 is 6.34. The molecule has 31 heavy (non-hydrogen) atoms. The molecule has 0 aliphatic carbocycles. The van der Waals surface area contributed by atoms with Gasteiger partial charge in [-0.05, 0) is 36.2 Å². The lowest BCUT2D eigenvalue weighted by atomic mass is 9.98. The lowest BCUT2D eigenvalue weighted by molar-refractivity contribution is 0.304. The van der Waals surface area contributed by atoms with Gasteiger partial charge < -0.3 is 10.5 Å². The van der Waals surface area contributed by atoms with Crippen molar-refractivity contribution in [2.75, 3.05) is 12.3 Å². The molecular formula is C26H28ClN3O. The quantitative estimate of drug-likeness (QED) is 0.341. The van der Waals surface area contributed by atoms with Crippen molar-refractivity contribution in [3.05, 3.63) is 65.2 Å². The minimum absolute atomic E-state index is 0.193. The minimum Gasteiger partial charge on any atom is -0.494 e. The number of nitrogens with zero attached hydrogens (tertiary/aromatic N) is 2. The summed E-state index contributed by atoms with van der Waals surface area (Å²) in [6, 6.07) is 19.3. The van der Waals surface area contributed by atoms with Crippen LogP contribution in [0.25, 0.3) is 22.4 Å². The molecule has 4 nitrogen and oxygen atoms in total. The fourth-order valence-corrected chi connectivity index (χ4v) is 3.75. The van der Waals surface area contributed by atoms with Crippen LogP contribution in [-0.2, 0) is 0 Å². The van der Waals surface area contributed by atoms with Crippen LogP contribution in [-0.4, -0.2) is 11.6 Å². The predicted octanol–water partition coefficient (Wildman–Crippen LogP) is 7.26. The van der Waals surface area contributed by atoms with E-state index in [0.717, 1.165) is 28.9 Å². The molecular weight excluding hydrogens is 406 g/mol. The zero-order chi connectivity index (χ0) is 22.1. The van der Waals surface area contributed by atoms with E-state index in [4.69, 9.17) is 22.1 Å². The Morgan fingerprint density at radius 1 is 0.968 bits per heavy atom. The molecule has 0 spiro atoms. The number of nitrogen functional groups attached to an aromatic ring is 1. The van der Waals surface area contributed by atoms with E-state index in [0.29, 0.717) is 22.9 Å². The van der Waals surface area contributed by atoms with Crippen LogP contribution in [0.4, 0.5) is 5.82 Å². The van der Waals surface area contributed by atoms with Crippen LogP contribution in [0.15, 0.2) is 54.6 Å². The van der Waals surface area contributed by atoms with Gasteiger partial charge >= 0.3 is 0 Å².